The van der Waals surface area contributed by atoms with Crippen LogP contribution in [-0.4, -0.2) is 41.3 Å². The van der Waals surface area contributed by atoms with Crippen molar-refractivity contribution in [3.05, 3.63) is 47.8 Å². The Morgan fingerprint density at radius 1 is 1.10 bits per heavy atom. The molecule has 0 aliphatic rings. The van der Waals surface area contributed by atoms with Crippen LogP contribution in [0.15, 0.2) is 36.7 Å². The molecule has 0 radical (unpaired) electrons. The average Bonchev–Trinajstić information content (AvgIpc) is 3.13. The normalized spacial score (nSPS) is 11.5. The first-order valence-electron chi connectivity index (χ1n) is 8.99. The van der Waals surface area contributed by atoms with Crippen molar-refractivity contribution in [3.8, 4) is 22.8 Å². The zero-order valence-electron chi connectivity index (χ0n) is 16.5. The molecule has 3 rings (SSSR count). The first-order valence-corrected chi connectivity index (χ1v) is 8.99. The molecule has 0 amide bonds. The standard InChI is InChI=1S/C21H19F3N2O4/c1-12(27)13-5-7-26-15(11-25-19(26)10-13)14-8-17(29-2)20(18(9-14)30-3)16(28)4-6-21(22,23)24/h5,7-11H,4,6H2,1-3H3. The van der Waals surface area contributed by atoms with Gasteiger partial charge in [-0.3, -0.25) is 14.0 Å². The van der Waals surface area contributed by atoms with Crippen molar-refractivity contribution in [1.29, 1.82) is 0 Å². The smallest absolute Gasteiger partial charge is 0.389 e. The fourth-order valence-corrected chi connectivity index (χ4v) is 3.13. The number of alkyl halides is 3. The van der Waals surface area contributed by atoms with E-state index in [2.05, 4.69) is 4.98 Å². The average molecular weight is 420 g/mol. The number of ether oxygens (including phenoxy) is 2. The molecule has 3 aromatic rings. The highest BCUT2D eigenvalue weighted by molar-refractivity contribution is 6.02. The van der Waals surface area contributed by atoms with Gasteiger partial charge in [-0.2, -0.15) is 13.2 Å². The summed E-state index contributed by atoms with van der Waals surface area (Å²) in [6.07, 6.45) is -3.11. The minimum absolute atomic E-state index is 0.0410. The molecule has 0 aliphatic heterocycles. The number of Topliss-reactive ketones (excluding diaryl/α,β-unsaturated/α-hetero) is 2. The number of hydrogen-bond acceptors (Lipinski definition) is 5. The lowest BCUT2D eigenvalue weighted by Crippen LogP contribution is -2.12. The van der Waals surface area contributed by atoms with Crippen LogP contribution in [-0.2, 0) is 0 Å². The van der Waals surface area contributed by atoms with E-state index >= 15 is 0 Å². The summed E-state index contributed by atoms with van der Waals surface area (Å²) in [7, 11) is 2.65. The van der Waals surface area contributed by atoms with Crippen LogP contribution in [0.25, 0.3) is 16.9 Å². The first kappa shape index (κ1) is 21.4. The van der Waals surface area contributed by atoms with E-state index in [1.165, 1.54) is 21.1 Å². The fourth-order valence-electron chi connectivity index (χ4n) is 3.13. The molecule has 0 unspecified atom stereocenters. The van der Waals surface area contributed by atoms with E-state index in [4.69, 9.17) is 9.47 Å². The Morgan fingerprint density at radius 3 is 2.27 bits per heavy atom. The van der Waals surface area contributed by atoms with E-state index in [9.17, 15) is 22.8 Å². The Morgan fingerprint density at radius 2 is 1.73 bits per heavy atom. The van der Waals surface area contributed by atoms with Crippen LogP contribution >= 0.6 is 0 Å². The van der Waals surface area contributed by atoms with Gasteiger partial charge < -0.3 is 9.47 Å². The third-order valence-electron chi connectivity index (χ3n) is 4.64. The number of hydrogen-bond donors (Lipinski definition) is 0. The molecule has 0 aliphatic carbocycles. The third kappa shape index (κ3) is 4.29. The van der Waals surface area contributed by atoms with Crippen molar-refractivity contribution in [1.82, 2.24) is 9.38 Å². The van der Waals surface area contributed by atoms with Crippen molar-refractivity contribution < 1.29 is 32.2 Å². The van der Waals surface area contributed by atoms with Gasteiger partial charge in [-0.1, -0.05) is 0 Å². The molecule has 6 nitrogen and oxygen atoms in total. The number of methoxy groups -OCH3 is 2. The van der Waals surface area contributed by atoms with Gasteiger partial charge in [-0.25, -0.2) is 4.98 Å². The molecule has 0 bridgehead atoms. The quantitative estimate of drug-likeness (QED) is 0.516. The second kappa shape index (κ2) is 8.17. The van der Waals surface area contributed by atoms with Gasteiger partial charge in [0.05, 0.1) is 32.5 Å². The monoisotopic (exact) mass is 420 g/mol. The van der Waals surface area contributed by atoms with Gasteiger partial charge in [-0.05, 0) is 31.2 Å². The molecular formula is C21H19F3N2O4. The molecule has 30 heavy (non-hydrogen) atoms. The highest BCUT2D eigenvalue weighted by Gasteiger charge is 2.30. The molecule has 0 spiro atoms. The minimum Gasteiger partial charge on any atom is -0.496 e. The molecular weight excluding hydrogens is 401 g/mol. The zero-order valence-corrected chi connectivity index (χ0v) is 16.5. The van der Waals surface area contributed by atoms with Crippen LogP contribution < -0.4 is 9.47 Å². The molecule has 0 N–H and O–H groups in total. The maximum absolute atomic E-state index is 12.5. The lowest BCUT2D eigenvalue weighted by atomic mass is 10.0. The molecule has 1 aromatic carbocycles. The SMILES string of the molecule is COc1cc(-c2cnc3cc(C(C)=O)ccn23)cc(OC)c1C(=O)CCC(F)(F)F. The molecule has 0 atom stereocenters. The number of nitrogens with zero attached hydrogens (tertiary/aromatic N) is 2. The van der Waals surface area contributed by atoms with Gasteiger partial charge in [0.25, 0.3) is 0 Å². The summed E-state index contributed by atoms with van der Waals surface area (Å²) in [6, 6.07) is 6.40. The van der Waals surface area contributed by atoms with Crippen LogP contribution in [0.5, 0.6) is 11.5 Å². The number of pyridine rings is 1. The van der Waals surface area contributed by atoms with Gasteiger partial charge in [-0.15, -0.1) is 0 Å². The Balaban J connectivity index is 2.06. The van der Waals surface area contributed by atoms with Crippen molar-refractivity contribution >= 4 is 17.2 Å². The number of halogens is 3. The van der Waals surface area contributed by atoms with Crippen molar-refractivity contribution in [2.45, 2.75) is 25.9 Å². The highest BCUT2D eigenvalue weighted by atomic mass is 19.4. The highest BCUT2D eigenvalue weighted by Crippen LogP contribution is 2.37. The Bertz CT molecular complexity index is 1090. The number of carbonyl (C=O) groups excluding carboxylic acids is 2. The van der Waals surface area contributed by atoms with E-state index in [0.717, 1.165) is 0 Å². The Labute approximate surface area is 170 Å². The lowest BCUT2D eigenvalue weighted by Gasteiger charge is -2.15. The molecule has 9 heteroatoms. The van der Waals surface area contributed by atoms with Crippen LogP contribution in [0.1, 0.15) is 40.5 Å². The summed E-state index contributed by atoms with van der Waals surface area (Å²) in [5.74, 6) is -0.609. The molecule has 158 valence electrons. The van der Waals surface area contributed by atoms with Crippen LogP contribution in [0.4, 0.5) is 13.2 Å². The number of carbonyl (C=O) groups is 2. The number of fused-ring (bicyclic) bond motifs is 1. The predicted molar refractivity (Wildman–Crippen MR) is 103 cm³/mol. The van der Waals surface area contributed by atoms with Gasteiger partial charge in [0, 0.05) is 23.7 Å². The molecule has 0 saturated carbocycles. The van der Waals surface area contributed by atoms with Gasteiger partial charge in [0.15, 0.2) is 11.6 Å². The molecule has 0 saturated heterocycles. The summed E-state index contributed by atoms with van der Waals surface area (Å²) in [5, 5.41) is 0. The van der Waals surface area contributed by atoms with Gasteiger partial charge >= 0.3 is 6.18 Å². The van der Waals surface area contributed by atoms with Crippen molar-refractivity contribution in [2.24, 2.45) is 0 Å². The van der Waals surface area contributed by atoms with Gasteiger partial charge in [0.2, 0.25) is 0 Å². The van der Waals surface area contributed by atoms with Crippen molar-refractivity contribution in [3.63, 3.8) is 0 Å². The molecule has 0 fully saturated rings. The topological polar surface area (TPSA) is 69.9 Å². The number of benzene rings is 1. The second-order valence-corrected chi connectivity index (χ2v) is 6.64. The summed E-state index contributed by atoms with van der Waals surface area (Å²) in [5.41, 5.74) is 2.23. The largest absolute Gasteiger partial charge is 0.496 e. The summed E-state index contributed by atoms with van der Waals surface area (Å²) in [4.78, 5) is 28.3. The van der Waals surface area contributed by atoms with Gasteiger partial charge in [0.1, 0.15) is 22.7 Å². The predicted octanol–water partition coefficient (Wildman–Crippen LogP) is 4.75. The number of imidazole rings is 1. The Kier molecular flexibility index (Phi) is 5.82. The van der Waals surface area contributed by atoms with E-state index < -0.39 is 24.8 Å². The molecule has 2 aromatic heterocycles. The summed E-state index contributed by atoms with van der Waals surface area (Å²) in [6.45, 7) is 1.46. The maximum Gasteiger partial charge on any atom is 0.389 e. The van der Waals surface area contributed by atoms with E-state index in [1.54, 1.807) is 41.1 Å². The van der Waals surface area contributed by atoms with E-state index in [-0.39, 0.29) is 22.8 Å². The number of rotatable bonds is 7. The second-order valence-electron chi connectivity index (χ2n) is 6.64. The maximum atomic E-state index is 12.5. The zero-order chi connectivity index (χ0) is 22.1. The fraction of sp³-hybridized carbons (Fsp3) is 0.286. The minimum atomic E-state index is -4.44. The Hall–Kier alpha value is -3.36. The van der Waals surface area contributed by atoms with Crippen molar-refractivity contribution in [2.75, 3.05) is 14.2 Å². The third-order valence-corrected chi connectivity index (χ3v) is 4.64. The van der Waals surface area contributed by atoms with Crippen LogP contribution in [0.3, 0.4) is 0 Å². The first-order chi connectivity index (χ1) is 14.1. The summed E-state index contributed by atoms with van der Waals surface area (Å²) >= 11 is 0. The summed E-state index contributed by atoms with van der Waals surface area (Å²) < 4.78 is 49.9. The van der Waals surface area contributed by atoms with E-state index in [0.29, 0.717) is 22.5 Å². The number of aromatic nitrogens is 2. The van der Waals surface area contributed by atoms with Crippen LogP contribution in [0, 0.1) is 0 Å². The lowest BCUT2D eigenvalue weighted by molar-refractivity contribution is -0.133. The van der Waals surface area contributed by atoms with Crippen LogP contribution in [0.2, 0.25) is 0 Å². The number of ketones is 2. The van der Waals surface area contributed by atoms with E-state index in [1.807, 2.05) is 0 Å². The molecule has 2 heterocycles.